The summed E-state index contributed by atoms with van der Waals surface area (Å²) in [6.45, 7) is 0. The SMILES string of the molecule is Cn1cnc(S(=O)(=O)Nc2ccc(S(=O)(=O)Cl)cc2)c1. The van der Waals surface area contributed by atoms with E-state index in [2.05, 4.69) is 9.71 Å². The maximum atomic E-state index is 12.0. The van der Waals surface area contributed by atoms with Gasteiger partial charge >= 0.3 is 0 Å². The van der Waals surface area contributed by atoms with E-state index in [9.17, 15) is 16.8 Å². The van der Waals surface area contributed by atoms with E-state index in [1.54, 1.807) is 7.05 Å². The van der Waals surface area contributed by atoms with Crippen LogP contribution in [0.5, 0.6) is 0 Å². The Balaban J connectivity index is 2.26. The van der Waals surface area contributed by atoms with Gasteiger partial charge in [-0.15, -0.1) is 0 Å². The fourth-order valence-electron chi connectivity index (χ4n) is 1.42. The van der Waals surface area contributed by atoms with E-state index in [1.165, 1.54) is 41.4 Å². The van der Waals surface area contributed by atoms with Crippen molar-refractivity contribution in [2.45, 2.75) is 9.92 Å². The van der Waals surface area contributed by atoms with E-state index < -0.39 is 19.1 Å². The molecule has 0 saturated heterocycles. The van der Waals surface area contributed by atoms with Crippen molar-refractivity contribution in [3.63, 3.8) is 0 Å². The lowest BCUT2D eigenvalue weighted by Gasteiger charge is -2.06. The summed E-state index contributed by atoms with van der Waals surface area (Å²) in [6.07, 6.45) is 2.71. The Hall–Kier alpha value is -1.58. The van der Waals surface area contributed by atoms with Crippen molar-refractivity contribution in [3.8, 4) is 0 Å². The van der Waals surface area contributed by atoms with Crippen LogP contribution in [-0.4, -0.2) is 26.4 Å². The highest BCUT2D eigenvalue weighted by Gasteiger charge is 2.17. The molecule has 10 heteroatoms. The number of benzene rings is 1. The molecule has 108 valence electrons. The summed E-state index contributed by atoms with van der Waals surface area (Å²) in [7, 11) is -0.830. The van der Waals surface area contributed by atoms with Crippen molar-refractivity contribution in [1.82, 2.24) is 9.55 Å². The number of rotatable bonds is 4. The molecule has 0 radical (unpaired) electrons. The van der Waals surface area contributed by atoms with Gasteiger partial charge in [-0.2, -0.15) is 8.42 Å². The molecule has 0 amide bonds. The van der Waals surface area contributed by atoms with Gasteiger partial charge in [0.15, 0.2) is 5.03 Å². The van der Waals surface area contributed by atoms with Gasteiger partial charge in [0.05, 0.1) is 11.2 Å². The number of hydrogen-bond acceptors (Lipinski definition) is 5. The van der Waals surface area contributed by atoms with Crippen LogP contribution in [0, 0.1) is 0 Å². The second-order valence-corrected chi connectivity index (χ2v) is 8.14. The molecule has 1 aromatic carbocycles. The summed E-state index contributed by atoms with van der Waals surface area (Å²) in [5.74, 6) is 0. The fourth-order valence-corrected chi connectivity index (χ4v) is 3.23. The predicted molar refractivity (Wildman–Crippen MR) is 73.5 cm³/mol. The fraction of sp³-hybridized carbons (Fsp3) is 0.100. The Morgan fingerprint density at radius 3 is 2.20 bits per heavy atom. The molecule has 0 aliphatic heterocycles. The lowest BCUT2D eigenvalue weighted by molar-refractivity contribution is 0.598. The molecule has 0 unspecified atom stereocenters. The minimum absolute atomic E-state index is 0.111. The maximum Gasteiger partial charge on any atom is 0.280 e. The van der Waals surface area contributed by atoms with Crippen molar-refractivity contribution >= 4 is 35.4 Å². The van der Waals surface area contributed by atoms with Crippen LogP contribution < -0.4 is 4.72 Å². The van der Waals surface area contributed by atoms with Crippen molar-refractivity contribution in [3.05, 3.63) is 36.8 Å². The van der Waals surface area contributed by atoms with Crippen molar-refractivity contribution < 1.29 is 16.8 Å². The standard InChI is InChI=1S/C10H10ClN3O4S2/c1-14-6-10(12-7-14)20(17,18)13-8-2-4-9(5-3-8)19(11,15)16/h2-7,13H,1H3. The molecule has 2 aromatic rings. The first-order valence-electron chi connectivity index (χ1n) is 5.24. The van der Waals surface area contributed by atoms with Crippen LogP contribution in [0.1, 0.15) is 0 Å². The van der Waals surface area contributed by atoms with Gasteiger partial charge in [-0.05, 0) is 24.3 Å². The number of hydrogen-bond donors (Lipinski definition) is 1. The molecule has 1 aromatic heterocycles. The average molecular weight is 336 g/mol. The molecule has 0 bridgehead atoms. The van der Waals surface area contributed by atoms with E-state index in [0.29, 0.717) is 0 Å². The number of nitrogens with zero attached hydrogens (tertiary/aromatic N) is 2. The number of anilines is 1. The van der Waals surface area contributed by atoms with Crippen molar-refractivity contribution in [2.24, 2.45) is 7.05 Å². The molecule has 0 spiro atoms. The van der Waals surface area contributed by atoms with Crippen LogP contribution >= 0.6 is 10.7 Å². The van der Waals surface area contributed by atoms with Crippen LogP contribution in [0.3, 0.4) is 0 Å². The van der Waals surface area contributed by atoms with E-state index in [4.69, 9.17) is 10.7 Å². The molecular weight excluding hydrogens is 326 g/mol. The lowest BCUT2D eigenvalue weighted by Crippen LogP contribution is -2.13. The number of imidazole rings is 1. The Morgan fingerprint density at radius 1 is 1.15 bits per heavy atom. The summed E-state index contributed by atoms with van der Waals surface area (Å²) in [6, 6.07) is 5.02. The summed E-state index contributed by atoms with van der Waals surface area (Å²) in [5, 5.41) is -0.131. The highest BCUT2D eigenvalue weighted by molar-refractivity contribution is 8.13. The van der Waals surface area contributed by atoms with Crippen molar-refractivity contribution in [2.75, 3.05) is 4.72 Å². The molecule has 1 N–H and O–H groups in total. The first-order chi connectivity index (χ1) is 9.18. The van der Waals surface area contributed by atoms with Crippen LogP contribution in [0.4, 0.5) is 5.69 Å². The molecule has 7 nitrogen and oxygen atoms in total. The Bertz CT molecular complexity index is 826. The third kappa shape index (κ3) is 3.30. The molecule has 0 aliphatic carbocycles. The number of aromatic nitrogens is 2. The molecule has 0 atom stereocenters. The number of aryl methyl sites for hydroxylation is 1. The third-order valence-electron chi connectivity index (χ3n) is 2.34. The molecule has 0 saturated carbocycles. The molecule has 1 heterocycles. The van der Waals surface area contributed by atoms with Gasteiger partial charge in [-0.25, -0.2) is 13.4 Å². The highest BCUT2D eigenvalue weighted by atomic mass is 35.7. The van der Waals surface area contributed by atoms with E-state index in [0.717, 1.165) is 0 Å². The minimum atomic E-state index is -3.83. The maximum absolute atomic E-state index is 12.0. The van der Waals surface area contributed by atoms with Gasteiger partial charge in [-0.1, -0.05) is 0 Å². The smallest absolute Gasteiger partial charge is 0.280 e. The topological polar surface area (TPSA) is 98.1 Å². The van der Waals surface area contributed by atoms with Gasteiger partial charge in [0.2, 0.25) is 0 Å². The number of nitrogens with one attached hydrogen (secondary N) is 1. The van der Waals surface area contributed by atoms with Crippen LogP contribution in [-0.2, 0) is 26.1 Å². The zero-order valence-corrected chi connectivity index (χ0v) is 12.6. The molecule has 2 rings (SSSR count). The minimum Gasteiger partial charge on any atom is -0.339 e. The summed E-state index contributed by atoms with van der Waals surface area (Å²) in [5.41, 5.74) is 0.208. The average Bonchev–Trinajstić information content (AvgIpc) is 2.76. The Morgan fingerprint density at radius 2 is 1.75 bits per heavy atom. The van der Waals surface area contributed by atoms with E-state index in [-0.39, 0.29) is 15.6 Å². The Labute approximate surface area is 120 Å². The van der Waals surface area contributed by atoms with Gasteiger partial charge < -0.3 is 4.57 Å². The highest BCUT2D eigenvalue weighted by Crippen LogP contribution is 2.19. The monoisotopic (exact) mass is 335 g/mol. The molecule has 0 aliphatic rings. The second-order valence-electron chi connectivity index (χ2n) is 3.95. The van der Waals surface area contributed by atoms with Gasteiger partial charge in [0, 0.05) is 29.6 Å². The van der Waals surface area contributed by atoms with Gasteiger partial charge in [-0.3, -0.25) is 4.72 Å². The molecule has 0 fully saturated rings. The Kier molecular flexibility index (Phi) is 3.76. The van der Waals surface area contributed by atoms with Crippen LogP contribution in [0.25, 0.3) is 0 Å². The summed E-state index contributed by atoms with van der Waals surface area (Å²) >= 11 is 0. The normalized spacial score (nSPS) is 12.3. The summed E-state index contributed by atoms with van der Waals surface area (Å²) < 4.78 is 49.8. The van der Waals surface area contributed by atoms with Gasteiger partial charge in [0.1, 0.15) is 0 Å². The predicted octanol–water partition coefficient (Wildman–Crippen LogP) is 1.15. The number of sulfonamides is 1. The zero-order valence-electron chi connectivity index (χ0n) is 10.2. The first kappa shape index (κ1) is 14.8. The van der Waals surface area contributed by atoms with Crippen molar-refractivity contribution in [1.29, 1.82) is 0 Å². The quantitative estimate of drug-likeness (QED) is 0.845. The van der Waals surface area contributed by atoms with Gasteiger partial charge in [0.25, 0.3) is 19.1 Å². The van der Waals surface area contributed by atoms with Crippen LogP contribution in [0.2, 0.25) is 0 Å². The summed E-state index contributed by atoms with van der Waals surface area (Å²) in [4.78, 5) is 3.62. The molecular formula is C10H10ClN3O4S2. The second kappa shape index (κ2) is 5.08. The third-order valence-corrected chi connectivity index (χ3v) is 4.98. The zero-order chi connectivity index (χ0) is 15.0. The largest absolute Gasteiger partial charge is 0.339 e. The van der Waals surface area contributed by atoms with E-state index >= 15 is 0 Å². The molecule has 20 heavy (non-hydrogen) atoms. The van der Waals surface area contributed by atoms with Crippen LogP contribution in [0.15, 0.2) is 46.7 Å². The number of halogens is 1. The lowest BCUT2D eigenvalue weighted by atomic mass is 10.3. The van der Waals surface area contributed by atoms with E-state index in [1.807, 2.05) is 0 Å². The first-order valence-corrected chi connectivity index (χ1v) is 9.03.